The molecule has 110 valence electrons. The third-order valence-electron chi connectivity index (χ3n) is 3.57. The summed E-state index contributed by atoms with van der Waals surface area (Å²) >= 11 is 5.99. The van der Waals surface area contributed by atoms with Crippen LogP contribution in [0.1, 0.15) is 32.6 Å². The molecule has 1 saturated carbocycles. The molecule has 20 heavy (non-hydrogen) atoms. The van der Waals surface area contributed by atoms with Crippen LogP contribution in [-0.4, -0.2) is 29.3 Å². The van der Waals surface area contributed by atoms with Crippen LogP contribution in [0.25, 0.3) is 0 Å². The minimum Gasteiger partial charge on any atom is -0.479 e. The van der Waals surface area contributed by atoms with E-state index < -0.39 is 12.2 Å². The van der Waals surface area contributed by atoms with E-state index >= 15 is 0 Å². The van der Waals surface area contributed by atoms with Gasteiger partial charge in [-0.1, -0.05) is 36.6 Å². The molecule has 0 aromatic heterocycles. The van der Waals surface area contributed by atoms with Crippen molar-refractivity contribution in [2.45, 2.75) is 50.9 Å². The molecule has 0 aliphatic heterocycles. The predicted octanol–water partition coefficient (Wildman–Crippen LogP) is 2.53. The zero-order valence-electron chi connectivity index (χ0n) is 11.5. The molecule has 0 spiro atoms. The van der Waals surface area contributed by atoms with Gasteiger partial charge in [0.25, 0.3) is 5.91 Å². The normalized spacial score (nSPS) is 23.9. The standard InChI is InChI=1S/C15H20ClNO3/c1-10(20-14-9-5-2-6-11(14)16)15(19)17-12-7-3-4-8-13(12)18/h2,5-6,9-10,12-13,18H,3-4,7-8H2,1H3,(H,17,19)/t10?,12-,13-/m1/s1. The van der Waals surface area contributed by atoms with Crippen molar-refractivity contribution in [3.63, 3.8) is 0 Å². The summed E-state index contributed by atoms with van der Waals surface area (Å²) in [6.45, 7) is 1.67. The van der Waals surface area contributed by atoms with Crippen LogP contribution >= 0.6 is 11.6 Å². The molecule has 0 bridgehead atoms. The van der Waals surface area contributed by atoms with Gasteiger partial charge in [0, 0.05) is 0 Å². The molecule has 0 saturated heterocycles. The zero-order valence-corrected chi connectivity index (χ0v) is 12.3. The van der Waals surface area contributed by atoms with Crippen molar-refractivity contribution >= 4 is 17.5 Å². The SMILES string of the molecule is CC(Oc1ccccc1Cl)C(=O)N[C@@H]1CCCC[C@H]1O. The second-order valence-electron chi connectivity index (χ2n) is 5.16. The van der Waals surface area contributed by atoms with Crippen LogP contribution in [0.3, 0.4) is 0 Å². The number of para-hydroxylation sites is 1. The Labute approximate surface area is 124 Å². The molecule has 3 atom stereocenters. The maximum Gasteiger partial charge on any atom is 0.261 e. The number of hydrogen-bond acceptors (Lipinski definition) is 3. The fourth-order valence-electron chi connectivity index (χ4n) is 2.36. The topological polar surface area (TPSA) is 58.6 Å². The Morgan fingerprint density at radius 3 is 2.80 bits per heavy atom. The summed E-state index contributed by atoms with van der Waals surface area (Å²) in [7, 11) is 0. The van der Waals surface area contributed by atoms with Gasteiger partial charge in [0.05, 0.1) is 17.2 Å². The van der Waals surface area contributed by atoms with Crippen molar-refractivity contribution in [3.8, 4) is 5.75 Å². The van der Waals surface area contributed by atoms with E-state index in [1.165, 1.54) is 0 Å². The molecule has 2 N–H and O–H groups in total. The van der Waals surface area contributed by atoms with Crippen LogP contribution in [0, 0.1) is 0 Å². The first kappa shape index (κ1) is 15.1. The lowest BCUT2D eigenvalue weighted by atomic mass is 9.92. The van der Waals surface area contributed by atoms with E-state index in [1.54, 1.807) is 31.2 Å². The number of aliphatic hydroxyl groups excluding tert-OH is 1. The van der Waals surface area contributed by atoms with Crippen LogP contribution in [0.5, 0.6) is 5.75 Å². The summed E-state index contributed by atoms with van der Waals surface area (Å²) in [5, 5.41) is 13.2. The third-order valence-corrected chi connectivity index (χ3v) is 3.88. The molecule has 0 heterocycles. The number of aliphatic hydroxyl groups is 1. The van der Waals surface area contributed by atoms with Gasteiger partial charge in [0.15, 0.2) is 6.10 Å². The highest BCUT2D eigenvalue weighted by Crippen LogP contribution is 2.24. The first-order valence-electron chi connectivity index (χ1n) is 6.97. The van der Waals surface area contributed by atoms with Gasteiger partial charge in [-0.3, -0.25) is 4.79 Å². The molecule has 1 amide bonds. The highest BCUT2D eigenvalue weighted by Gasteiger charge is 2.26. The third kappa shape index (κ3) is 3.87. The molecule has 1 fully saturated rings. The highest BCUT2D eigenvalue weighted by molar-refractivity contribution is 6.32. The van der Waals surface area contributed by atoms with Gasteiger partial charge in [-0.2, -0.15) is 0 Å². The average molecular weight is 298 g/mol. The molecular formula is C15H20ClNO3. The number of halogens is 1. The fraction of sp³-hybridized carbons (Fsp3) is 0.533. The number of carbonyl (C=O) groups excluding carboxylic acids is 1. The Hall–Kier alpha value is -1.26. The molecule has 0 radical (unpaired) electrons. The lowest BCUT2D eigenvalue weighted by molar-refractivity contribution is -0.129. The van der Waals surface area contributed by atoms with Gasteiger partial charge in [-0.15, -0.1) is 0 Å². The Kier molecular flexibility index (Phi) is 5.26. The minimum atomic E-state index is -0.649. The van der Waals surface area contributed by atoms with Gasteiger partial charge in [0.2, 0.25) is 0 Å². The maximum absolute atomic E-state index is 12.1. The summed E-state index contributed by atoms with van der Waals surface area (Å²) < 4.78 is 5.56. The van der Waals surface area contributed by atoms with Crippen LogP contribution in [-0.2, 0) is 4.79 Å². The van der Waals surface area contributed by atoms with Crippen LogP contribution in [0.4, 0.5) is 0 Å². The molecule has 1 unspecified atom stereocenters. The second-order valence-corrected chi connectivity index (χ2v) is 5.56. The smallest absolute Gasteiger partial charge is 0.261 e. The van der Waals surface area contributed by atoms with Crippen molar-refractivity contribution in [1.29, 1.82) is 0 Å². The van der Waals surface area contributed by atoms with Gasteiger partial charge in [-0.25, -0.2) is 0 Å². The number of nitrogens with one attached hydrogen (secondary N) is 1. The Morgan fingerprint density at radius 2 is 2.10 bits per heavy atom. The van der Waals surface area contributed by atoms with Crippen LogP contribution in [0.2, 0.25) is 5.02 Å². The van der Waals surface area contributed by atoms with Crippen molar-refractivity contribution in [1.82, 2.24) is 5.32 Å². The van der Waals surface area contributed by atoms with Crippen molar-refractivity contribution < 1.29 is 14.6 Å². The highest BCUT2D eigenvalue weighted by atomic mass is 35.5. The fourth-order valence-corrected chi connectivity index (χ4v) is 2.54. The molecule has 5 heteroatoms. The van der Waals surface area contributed by atoms with Crippen LogP contribution in [0.15, 0.2) is 24.3 Å². The first-order valence-corrected chi connectivity index (χ1v) is 7.35. The second kappa shape index (κ2) is 6.95. The Morgan fingerprint density at radius 1 is 1.40 bits per heavy atom. The minimum absolute atomic E-state index is 0.173. The van der Waals surface area contributed by atoms with E-state index in [4.69, 9.17) is 16.3 Å². The van der Waals surface area contributed by atoms with E-state index in [2.05, 4.69) is 5.32 Å². The summed E-state index contributed by atoms with van der Waals surface area (Å²) in [6, 6.07) is 6.87. The van der Waals surface area contributed by atoms with Crippen molar-refractivity contribution in [2.75, 3.05) is 0 Å². The Balaban J connectivity index is 1.90. The molecular weight excluding hydrogens is 278 g/mol. The van der Waals surface area contributed by atoms with E-state index in [-0.39, 0.29) is 11.9 Å². The number of carbonyl (C=O) groups is 1. The van der Waals surface area contributed by atoms with E-state index in [0.29, 0.717) is 10.8 Å². The zero-order chi connectivity index (χ0) is 14.5. The largest absolute Gasteiger partial charge is 0.479 e. The average Bonchev–Trinajstić information content (AvgIpc) is 2.43. The number of ether oxygens (including phenoxy) is 1. The van der Waals surface area contributed by atoms with Gasteiger partial charge in [-0.05, 0) is 31.9 Å². The maximum atomic E-state index is 12.1. The molecule has 4 nitrogen and oxygen atoms in total. The van der Waals surface area contributed by atoms with Crippen LogP contribution < -0.4 is 10.1 Å². The van der Waals surface area contributed by atoms with Gasteiger partial charge in [0.1, 0.15) is 5.75 Å². The summed E-state index contributed by atoms with van der Waals surface area (Å²) in [4.78, 5) is 12.1. The molecule has 1 aromatic carbocycles. The van der Waals surface area contributed by atoms with Gasteiger partial charge >= 0.3 is 0 Å². The van der Waals surface area contributed by atoms with Crippen molar-refractivity contribution in [3.05, 3.63) is 29.3 Å². The Bertz CT molecular complexity index is 466. The molecule has 2 rings (SSSR count). The first-order chi connectivity index (χ1) is 9.58. The molecule has 1 aromatic rings. The number of hydrogen-bond donors (Lipinski definition) is 2. The van der Waals surface area contributed by atoms with E-state index in [9.17, 15) is 9.90 Å². The van der Waals surface area contributed by atoms with Gasteiger partial charge < -0.3 is 15.2 Å². The van der Waals surface area contributed by atoms with E-state index in [1.807, 2.05) is 0 Å². The summed E-state index contributed by atoms with van der Waals surface area (Å²) in [6.07, 6.45) is 2.49. The monoisotopic (exact) mass is 297 g/mol. The van der Waals surface area contributed by atoms with Crippen molar-refractivity contribution in [2.24, 2.45) is 0 Å². The van der Waals surface area contributed by atoms with E-state index in [0.717, 1.165) is 25.7 Å². The molecule has 1 aliphatic carbocycles. The lowest BCUT2D eigenvalue weighted by Gasteiger charge is -2.29. The summed E-state index contributed by atoms with van der Waals surface area (Å²) in [5.41, 5.74) is 0. The molecule has 1 aliphatic rings. The summed E-state index contributed by atoms with van der Waals surface area (Å²) in [5.74, 6) is 0.261. The quantitative estimate of drug-likeness (QED) is 0.898. The lowest BCUT2D eigenvalue weighted by Crippen LogP contribution is -2.49. The predicted molar refractivity (Wildman–Crippen MR) is 77.9 cm³/mol. The number of rotatable bonds is 4. The number of amides is 1. The number of benzene rings is 1.